The van der Waals surface area contributed by atoms with Gasteiger partial charge in [-0.1, -0.05) is 6.07 Å². The first-order chi connectivity index (χ1) is 4.67. The van der Waals surface area contributed by atoms with Crippen LogP contribution in [0, 0.1) is 0 Å². The van der Waals surface area contributed by atoms with Crippen molar-refractivity contribution in [1.82, 2.24) is 0 Å². The average Bonchev–Trinajstić information content (AvgIpc) is 2.38. The van der Waals surface area contributed by atoms with Gasteiger partial charge in [0.05, 0.1) is 5.54 Å². The Labute approximate surface area is 64.8 Å². The van der Waals surface area contributed by atoms with E-state index in [1.165, 1.54) is 0 Å². The van der Waals surface area contributed by atoms with Gasteiger partial charge in [0.2, 0.25) is 0 Å². The fourth-order valence-electron chi connectivity index (χ4n) is 0.704. The number of thiophene rings is 1. The van der Waals surface area contributed by atoms with E-state index in [4.69, 9.17) is 11.5 Å². The first-order valence-corrected chi connectivity index (χ1v) is 4.08. The van der Waals surface area contributed by atoms with Crippen molar-refractivity contribution in [3.05, 3.63) is 22.4 Å². The van der Waals surface area contributed by atoms with Gasteiger partial charge in [0.1, 0.15) is 0 Å². The van der Waals surface area contributed by atoms with Crippen molar-refractivity contribution in [3.8, 4) is 0 Å². The monoisotopic (exact) mass is 156 g/mol. The Morgan fingerprint density at radius 2 is 2.40 bits per heavy atom. The van der Waals surface area contributed by atoms with E-state index in [-0.39, 0.29) is 5.54 Å². The van der Waals surface area contributed by atoms with Crippen LogP contribution >= 0.6 is 11.3 Å². The summed E-state index contributed by atoms with van der Waals surface area (Å²) in [6.45, 7) is 2.44. The number of hydrogen-bond donors (Lipinski definition) is 2. The molecule has 0 aliphatic heterocycles. The molecule has 0 aromatic carbocycles. The van der Waals surface area contributed by atoms with Gasteiger partial charge in [0.25, 0.3) is 0 Å². The summed E-state index contributed by atoms with van der Waals surface area (Å²) in [5.74, 6) is 0. The van der Waals surface area contributed by atoms with Gasteiger partial charge >= 0.3 is 0 Å². The molecule has 0 saturated carbocycles. The van der Waals surface area contributed by atoms with Gasteiger partial charge in [-0.15, -0.1) is 11.3 Å². The summed E-state index contributed by atoms with van der Waals surface area (Å²) in [7, 11) is 0. The molecule has 1 aromatic rings. The third-order valence-corrected chi connectivity index (χ3v) is 2.66. The molecular weight excluding hydrogens is 144 g/mol. The summed E-state index contributed by atoms with van der Waals surface area (Å²) in [5, 5.41) is 2.01. The molecule has 4 N–H and O–H groups in total. The summed E-state index contributed by atoms with van der Waals surface area (Å²) in [5.41, 5.74) is 11.0. The highest BCUT2D eigenvalue weighted by molar-refractivity contribution is 7.10. The van der Waals surface area contributed by atoms with Gasteiger partial charge in [-0.05, 0) is 18.4 Å². The van der Waals surface area contributed by atoms with E-state index in [1.807, 2.05) is 24.4 Å². The lowest BCUT2D eigenvalue weighted by Gasteiger charge is -2.19. The summed E-state index contributed by atoms with van der Waals surface area (Å²) >= 11 is 1.65. The maximum absolute atomic E-state index is 5.87. The van der Waals surface area contributed by atoms with Crippen LogP contribution in [0.4, 0.5) is 0 Å². The molecule has 1 rings (SSSR count). The lowest BCUT2D eigenvalue weighted by Crippen LogP contribution is -2.39. The smallest absolute Gasteiger partial charge is 0.0599 e. The second-order valence-electron chi connectivity index (χ2n) is 2.60. The zero-order valence-corrected chi connectivity index (χ0v) is 6.82. The van der Waals surface area contributed by atoms with Gasteiger partial charge in [-0.3, -0.25) is 0 Å². The molecule has 0 spiro atoms. The lowest BCUT2D eigenvalue weighted by atomic mass is 10.0. The largest absolute Gasteiger partial charge is 0.328 e. The van der Waals surface area contributed by atoms with Crippen LogP contribution < -0.4 is 11.5 Å². The Kier molecular flexibility index (Phi) is 2.08. The molecule has 0 fully saturated rings. The Hall–Kier alpha value is -0.380. The van der Waals surface area contributed by atoms with Crippen LogP contribution in [-0.4, -0.2) is 6.54 Å². The fourth-order valence-corrected chi connectivity index (χ4v) is 1.52. The van der Waals surface area contributed by atoms with Crippen molar-refractivity contribution in [2.24, 2.45) is 11.5 Å². The highest BCUT2D eigenvalue weighted by Gasteiger charge is 2.19. The van der Waals surface area contributed by atoms with Crippen molar-refractivity contribution in [2.75, 3.05) is 6.54 Å². The van der Waals surface area contributed by atoms with E-state index in [1.54, 1.807) is 11.3 Å². The molecule has 3 heteroatoms. The Morgan fingerprint density at radius 3 is 2.80 bits per heavy atom. The first kappa shape index (κ1) is 7.72. The molecule has 0 aliphatic carbocycles. The van der Waals surface area contributed by atoms with E-state index < -0.39 is 0 Å². The van der Waals surface area contributed by atoms with Crippen LogP contribution in [0.1, 0.15) is 11.8 Å². The minimum Gasteiger partial charge on any atom is -0.328 e. The number of rotatable bonds is 2. The number of nitrogens with two attached hydrogens (primary N) is 2. The predicted molar refractivity (Wildman–Crippen MR) is 44.9 cm³/mol. The first-order valence-electron chi connectivity index (χ1n) is 3.20. The molecule has 0 radical (unpaired) electrons. The summed E-state index contributed by atoms with van der Waals surface area (Å²) in [6, 6.07) is 4.00. The topological polar surface area (TPSA) is 52.0 Å². The van der Waals surface area contributed by atoms with Gasteiger partial charge in [-0.25, -0.2) is 0 Å². The second-order valence-corrected chi connectivity index (χ2v) is 3.55. The average molecular weight is 156 g/mol. The molecule has 1 heterocycles. The molecule has 2 nitrogen and oxygen atoms in total. The maximum Gasteiger partial charge on any atom is 0.0599 e. The molecule has 0 amide bonds. The second kappa shape index (κ2) is 2.70. The quantitative estimate of drug-likeness (QED) is 0.668. The van der Waals surface area contributed by atoms with E-state index in [0.717, 1.165) is 4.88 Å². The minimum absolute atomic E-state index is 0.339. The van der Waals surface area contributed by atoms with E-state index >= 15 is 0 Å². The van der Waals surface area contributed by atoms with Crippen molar-refractivity contribution >= 4 is 11.3 Å². The van der Waals surface area contributed by atoms with Gasteiger partial charge in [-0.2, -0.15) is 0 Å². The zero-order valence-electron chi connectivity index (χ0n) is 6.00. The third kappa shape index (κ3) is 1.37. The summed E-state index contributed by atoms with van der Waals surface area (Å²) in [6.07, 6.45) is 0. The molecule has 56 valence electrons. The maximum atomic E-state index is 5.87. The third-order valence-electron chi connectivity index (χ3n) is 1.51. The molecule has 0 aliphatic rings. The Bertz CT molecular complexity index is 191. The number of hydrogen-bond acceptors (Lipinski definition) is 3. The molecule has 1 atom stereocenters. The lowest BCUT2D eigenvalue weighted by molar-refractivity contribution is 0.518. The van der Waals surface area contributed by atoms with Crippen molar-refractivity contribution in [2.45, 2.75) is 12.5 Å². The fraction of sp³-hybridized carbons (Fsp3) is 0.429. The van der Waals surface area contributed by atoms with E-state index in [0.29, 0.717) is 6.54 Å². The molecule has 1 aromatic heterocycles. The van der Waals surface area contributed by atoms with Crippen LogP contribution in [0.3, 0.4) is 0 Å². The van der Waals surface area contributed by atoms with Gasteiger partial charge < -0.3 is 11.5 Å². The van der Waals surface area contributed by atoms with Gasteiger partial charge in [0.15, 0.2) is 0 Å². The molecule has 0 bridgehead atoms. The van der Waals surface area contributed by atoms with Crippen LogP contribution in [0.15, 0.2) is 17.5 Å². The molecule has 0 unspecified atom stereocenters. The van der Waals surface area contributed by atoms with E-state index in [9.17, 15) is 0 Å². The molecule has 10 heavy (non-hydrogen) atoms. The molecular formula is C7H12N2S. The highest BCUT2D eigenvalue weighted by atomic mass is 32.1. The zero-order chi connectivity index (χ0) is 7.61. The highest BCUT2D eigenvalue weighted by Crippen LogP contribution is 2.20. The SMILES string of the molecule is C[C@@](N)(CN)c1cccs1. The van der Waals surface area contributed by atoms with Crippen molar-refractivity contribution < 1.29 is 0 Å². The molecule has 0 saturated heterocycles. The Morgan fingerprint density at radius 1 is 1.70 bits per heavy atom. The normalized spacial score (nSPS) is 16.7. The van der Waals surface area contributed by atoms with Crippen LogP contribution in [0.25, 0.3) is 0 Å². The van der Waals surface area contributed by atoms with Crippen molar-refractivity contribution in [3.63, 3.8) is 0 Å². The standard InChI is InChI=1S/C7H12N2S/c1-7(9,5-8)6-3-2-4-10-6/h2-4H,5,8-9H2,1H3/t7-/m1/s1. The van der Waals surface area contributed by atoms with E-state index in [2.05, 4.69) is 0 Å². The van der Waals surface area contributed by atoms with Gasteiger partial charge in [0, 0.05) is 11.4 Å². The predicted octanol–water partition coefficient (Wildman–Crippen LogP) is 0.881. The van der Waals surface area contributed by atoms with Crippen LogP contribution in [0.5, 0.6) is 0 Å². The minimum atomic E-state index is -0.339. The Balaban J connectivity index is 2.85. The van der Waals surface area contributed by atoms with Crippen molar-refractivity contribution in [1.29, 1.82) is 0 Å². The van der Waals surface area contributed by atoms with Crippen LogP contribution in [-0.2, 0) is 5.54 Å². The van der Waals surface area contributed by atoms with Crippen LogP contribution in [0.2, 0.25) is 0 Å². The summed E-state index contributed by atoms with van der Waals surface area (Å²) < 4.78 is 0. The summed E-state index contributed by atoms with van der Waals surface area (Å²) in [4.78, 5) is 1.15.